The maximum atomic E-state index is 12.7. The number of aryl methyl sites for hydroxylation is 1. The summed E-state index contributed by atoms with van der Waals surface area (Å²) in [5.41, 5.74) is 3.67. The lowest BCUT2D eigenvalue weighted by Gasteiger charge is -2.26. The van der Waals surface area contributed by atoms with Gasteiger partial charge in [0.1, 0.15) is 0 Å². The summed E-state index contributed by atoms with van der Waals surface area (Å²) in [7, 11) is -1.09. The van der Waals surface area contributed by atoms with Gasteiger partial charge in [-0.1, -0.05) is 19.1 Å². The largest absolute Gasteiger partial charge is 0.337 e. The van der Waals surface area contributed by atoms with Gasteiger partial charge >= 0.3 is 0 Å². The molecule has 0 spiro atoms. The van der Waals surface area contributed by atoms with E-state index < -0.39 is 9.84 Å². The van der Waals surface area contributed by atoms with E-state index in [1.54, 1.807) is 11.0 Å². The van der Waals surface area contributed by atoms with Crippen molar-refractivity contribution < 1.29 is 13.2 Å². The average Bonchev–Trinajstić information content (AvgIpc) is 2.95. The van der Waals surface area contributed by atoms with E-state index in [2.05, 4.69) is 12.0 Å². The fourth-order valence-electron chi connectivity index (χ4n) is 3.04. The van der Waals surface area contributed by atoms with E-state index >= 15 is 0 Å². The van der Waals surface area contributed by atoms with E-state index in [1.807, 2.05) is 36.1 Å². The predicted octanol–water partition coefficient (Wildman–Crippen LogP) is 1.52. The maximum absolute atomic E-state index is 12.7. The first-order chi connectivity index (χ1) is 11.4. The quantitative estimate of drug-likeness (QED) is 0.844. The fraction of sp³-hybridized carbons (Fsp3) is 0.412. The van der Waals surface area contributed by atoms with Crippen LogP contribution in [0.4, 0.5) is 0 Å². The van der Waals surface area contributed by atoms with Gasteiger partial charge in [0, 0.05) is 37.0 Å². The Morgan fingerprint density at radius 2 is 1.96 bits per heavy atom. The number of aromatic nitrogens is 2. The molecule has 0 bridgehead atoms. The fourth-order valence-corrected chi connectivity index (χ4v) is 4.24. The molecule has 0 atom stereocenters. The minimum Gasteiger partial charge on any atom is -0.337 e. The zero-order chi connectivity index (χ0) is 17.3. The minimum absolute atomic E-state index is 0.0427. The number of nitrogens with zero attached hydrogens (tertiary/aromatic N) is 3. The molecule has 0 N–H and O–H groups in total. The van der Waals surface area contributed by atoms with Gasteiger partial charge in [-0.2, -0.15) is 5.10 Å². The molecule has 1 aromatic heterocycles. The van der Waals surface area contributed by atoms with Gasteiger partial charge < -0.3 is 4.90 Å². The third kappa shape index (κ3) is 3.21. The van der Waals surface area contributed by atoms with Crippen LogP contribution in [-0.4, -0.2) is 53.6 Å². The van der Waals surface area contributed by atoms with Crippen LogP contribution in [-0.2, 0) is 23.3 Å². The summed E-state index contributed by atoms with van der Waals surface area (Å²) in [5, 5.41) is 4.30. The number of hydrogen-bond acceptors (Lipinski definition) is 4. The molecule has 1 amide bonds. The average molecular weight is 347 g/mol. The molecule has 0 radical (unpaired) electrons. The molecule has 1 aliphatic rings. The van der Waals surface area contributed by atoms with E-state index in [0.29, 0.717) is 5.56 Å². The van der Waals surface area contributed by atoms with Gasteiger partial charge in [0.05, 0.1) is 17.7 Å². The summed E-state index contributed by atoms with van der Waals surface area (Å²) in [5.74, 6) is -0.0316. The molecule has 1 aliphatic heterocycles. The number of hydrogen-bond donors (Lipinski definition) is 0. The minimum atomic E-state index is -2.99. The Morgan fingerprint density at radius 3 is 2.62 bits per heavy atom. The number of rotatable bonds is 3. The van der Waals surface area contributed by atoms with Crippen LogP contribution >= 0.6 is 0 Å². The van der Waals surface area contributed by atoms with Gasteiger partial charge in [0.2, 0.25) is 0 Å². The van der Waals surface area contributed by atoms with E-state index in [0.717, 1.165) is 23.2 Å². The zero-order valence-corrected chi connectivity index (χ0v) is 14.7. The Morgan fingerprint density at radius 1 is 1.25 bits per heavy atom. The van der Waals surface area contributed by atoms with Gasteiger partial charge in [-0.3, -0.25) is 9.48 Å². The Balaban J connectivity index is 1.87. The van der Waals surface area contributed by atoms with E-state index in [-0.39, 0.29) is 30.5 Å². The first-order valence-corrected chi connectivity index (χ1v) is 9.84. The number of amides is 1. The van der Waals surface area contributed by atoms with Gasteiger partial charge in [-0.15, -0.1) is 0 Å². The zero-order valence-electron chi connectivity index (χ0n) is 13.9. The van der Waals surface area contributed by atoms with Gasteiger partial charge in [-0.25, -0.2) is 8.42 Å². The standard InChI is InChI=1S/C17H21N3O3S/c1-3-16-15(12-18-19(16)2)13-5-4-6-14(11-13)17(21)20-7-9-24(22,23)10-8-20/h4-6,11-12H,3,7-10H2,1-2H3. The molecule has 2 heterocycles. The lowest BCUT2D eigenvalue weighted by molar-refractivity contribution is 0.0770. The monoisotopic (exact) mass is 347 g/mol. The number of benzene rings is 1. The molecule has 0 aliphatic carbocycles. The molecule has 6 nitrogen and oxygen atoms in total. The second-order valence-electron chi connectivity index (χ2n) is 6.01. The third-order valence-electron chi connectivity index (χ3n) is 4.45. The first kappa shape index (κ1) is 16.7. The van der Waals surface area contributed by atoms with Crippen molar-refractivity contribution in [3.63, 3.8) is 0 Å². The maximum Gasteiger partial charge on any atom is 0.253 e. The Bertz CT molecular complexity index is 857. The van der Waals surface area contributed by atoms with Crippen molar-refractivity contribution in [2.75, 3.05) is 24.6 Å². The van der Waals surface area contributed by atoms with Crippen molar-refractivity contribution in [3.8, 4) is 11.1 Å². The van der Waals surface area contributed by atoms with Crippen molar-refractivity contribution in [2.24, 2.45) is 7.05 Å². The van der Waals surface area contributed by atoms with Gasteiger partial charge in [-0.05, 0) is 24.1 Å². The van der Waals surface area contributed by atoms with E-state index in [1.165, 1.54) is 0 Å². The van der Waals surface area contributed by atoms with Gasteiger partial charge in [0.15, 0.2) is 9.84 Å². The molecule has 0 unspecified atom stereocenters. The summed E-state index contributed by atoms with van der Waals surface area (Å²) in [6, 6.07) is 7.46. The highest BCUT2D eigenvalue weighted by atomic mass is 32.2. The highest BCUT2D eigenvalue weighted by Crippen LogP contribution is 2.25. The normalized spacial score (nSPS) is 17.0. The summed E-state index contributed by atoms with van der Waals surface area (Å²) in [6.45, 7) is 2.60. The van der Waals surface area contributed by atoms with Crippen LogP contribution < -0.4 is 0 Å². The first-order valence-electron chi connectivity index (χ1n) is 8.02. The van der Waals surface area contributed by atoms with Crippen LogP contribution in [0.25, 0.3) is 11.1 Å². The van der Waals surface area contributed by atoms with Gasteiger partial charge in [0.25, 0.3) is 5.91 Å². The molecular weight excluding hydrogens is 326 g/mol. The van der Waals surface area contributed by atoms with Crippen LogP contribution in [0.3, 0.4) is 0 Å². The van der Waals surface area contributed by atoms with Crippen molar-refractivity contribution >= 4 is 15.7 Å². The van der Waals surface area contributed by atoms with Crippen LogP contribution in [0, 0.1) is 0 Å². The smallest absolute Gasteiger partial charge is 0.253 e. The molecule has 7 heteroatoms. The van der Waals surface area contributed by atoms with Crippen molar-refractivity contribution in [1.82, 2.24) is 14.7 Å². The lowest BCUT2D eigenvalue weighted by Crippen LogP contribution is -2.43. The molecule has 1 saturated heterocycles. The molecule has 0 saturated carbocycles. The third-order valence-corrected chi connectivity index (χ3v) is 6.06. The summed E-state index contributed by atoms with van der Waals surface area (Å²) in [4.78, 5) is 14.3. The van der Waals surface area contributed by atoms with Crippen LogP contribution in [0.1, 0.15) is 23.0 Å². The summed E-state index contributed by atoms with van der Waals surface area (Å²) < 4.78 is 24.9. The van der Waals surface area contributed by atoms with Crippen LogP contribution in [0.2, 0.25) is 0 Å². The predicted molar refractivity (Wildman–Crippen MR) is 92.6 cm³/mol. The summed E-state index contributed by atoms with van der Waals surface area (Å²) >= 11 is 0. The second kappa shape index (κ2) is 6.39. The van der Waals surface area contributed by atoms with E-state index in [4.69, 9.17) is 0 Å². The molecule has 1 aromatic carbocycles. The highest BCUT2D eigenvalue weighted by Gasteiger charge is 2.26. The SMILES string of the molecule is CCc1c(-c2cccc(C(=O)N3CCS(=O)(=O)CC3)c2)cnn1C. The van der Waals surface area contributed by atoms with Crippen molar-refractivity contribution in [2.45, 2.75) is 13.3 Å². The number of carbonyl (C=O) groups is 1. The molecule has 1 fully saturated rings. The van der Waals surface area contributed by atoms with Crippen LogP contribution in [0.5, 0.6) is 0 Å². The van der Waals surface area contributed by atoms with Crippen LogP contribution in [0.15, 0.2) is 30.5 Å². The second-order valence-corrected chi connectivity index (χ2v) is 8.31. The highest BCUT2D eigenvalue weighted by molar-refractivity contribution is 7.91. The Hall–Kier alpha value is -2.15. The van der Waals surface area contributed by atoms with E-state index in [9.17, 15) is 13.2 Å². The van der Waals surface area contributed by atoms with Crippen molar-refractivity contribution in [1.29, 1.82) is 0 Å². The molecule has 128 valence electrons. The molecule has 2 aromatic rings. The molecule has 3 rings (SSSR count). The molecule has 24 heavy (non-hydrogen) atoms. The Labute approximate surface area is 142 Å². The number of carbonyl (C=O) groups excluding carboxylic acids is 1. The topological polar surface area (TPSA) is 72.3 Å². The molecular formula is C17H21N3O3S. The Kier molecular flexibility index (Phi) is 4.45. The summed E-state index contributed by atoms with van der Waals surface area (Å²) in [6.07, 6.45) is 2.67. The number of sulfone groups is 1. The lowest BCUT2D eigenvalue weighted by atomic mass is 10.0. The van der Waals surface area contributed by atoms with Crippen molar-refractivity contribution in [3.05, 3.63) is 41.7 Å².